The van der Waals surface area contributed by atoms with E-state index in [0.29, 0.717) is 6.04 Å². The summed E-state index contributed by atoms with van der Waals surface area (Å²) in [6.45, 7) is 4.13. The molecule has 0 spiro atoms. The van der Waals surface area contributed by atoms with Gasteiger partial charge < -0.3 is 10.2 Å². The highest BCUT2D eigenvalue weighted by atomic mass is 32.1. The molecule has 4 nitrogen and oxygen atoms in total. The molecule has 1 N–H and O–H groups in total. The fraction of sp³-hybridized carbons (Fsp3) is 0.778. The number of aryl methyl sites for hydroxylation is 1. The van der Waals surface area contributed by atoms with E-state index in [1.165, 1.54) is 24.4 Å². The van der Waals surface area contributed by atoms with Crippen molar-refractivity contribution in [2.75, 3.05) is 25.0 Å². The van der Waals surface area contributed by atoms with Crippen LogP contribution < -0.4 is 10.2 Å². The van der Waals surface area contributed by atoms with Crippen LogP contribution in [0.3, 0.4) is 0 Å². The van der Waals surface area contributed by atoms with Crippen LogP contribution in [0.25, 0.3) is 0 Å². The molecule has 0 amide bonds. The molecule has 1 unspecified atom stereocenters. The second-order valence-electron chi connectivity index (χ2n) is 3.80. The Labute approximate surface area is 88.5 Å². The molecular formula is C9H16N4S. The van der Waals surface area contributed by atoms with Gasteiger partial charge in [-0.2, -0.15) is 4.37 Å². The maximum Gasteiger partial charge on any atom is 0.204 e. The van der Waals surface area contributed by atoms with E-state index in [0.717, 1.165) is 24.0 Å². The Bertz CT molecular complexity index is 293. The van der Waals surface area contributed by atoms with Gasteiger partial charge in [0, 0.05) is 31.2 Å². The van der Waals surface area contributed by atoms with E-state index >= 15 is 0 Å². The molecule has 1 atom stereocenters. The molecule has 1 aromatic rings. The van der Waals surface area contributed by atoms with Crippen molar-refractivity contribution >= 4 is 16.7 Å². The summed E-state index contributed by atoms with van der Waals surface area (Å²) >= 11 is 1.48. The van der Waals surface area contributed by atoms with Crippen LogP contribution in [0.4, 0.5) is 5.13 Å². The Balaban J connectivity index is 1.91. The number of nitrogens with zero attached hydrogens (tertiary/aromatic N) is 3. The molecule has 0 saturated carbocycles. The average molecular weight is 212 g/mol. The number of aromatic nitrogens is 2. The fourth-order valence-corrected chi connectivity index (χ4v) is 2.40. The van der Waals surface area contributed by atoms with Crippen LogP contribution >= 0.6 is 11.5 Å². The molecule has 0 radical (unpaired) electrons. The quantitative estimate of drug-likeness (QED) is 0.812. The van der Waals surface area contributed by atoms with Gasteiger partial charge in [0.05, 0.1) is 0 Å². The summed E-state index contributed by atoms with van der Waals surface area (Å²) in [5, 5.41) is 4.50. The maximum atomic E-state index is 4.36. The van der Waals surface area contributed by atoms with E-state index < -0.39 is 0 Å². The lowest BCUT2D eigenvalue weighted by atomic mass is 10.2. The minimum absolute atomic E-state index is 0.629. The molecule has 1 aliphatic rings. The molecule has 2 rings (SSSR count). The van der Waals surface area contributed by atoms with Gasteiger partial charge in [0.1, 0.15) is 5.82 Å². The fourth-order valence-electron chi connectivity index (χ4n) is 1.76. The zero-order valence-electron chi connectivity index (χ0n) is 8.66. The Kier molecular flexibility index (Phi) is 2.98. The Hall–Kier alpha value is -0.680. The summed E-state index contributed by atoms with van der Waals surface area (Å²) < 4.78 is 4.18. The molecule has 1 aromatic heterocycles. The van der Waals surface area contributed by atoms with E-state index in [9.17, 15) is 0 Å². The maximum absolute atomic E-state index is 4.36. The summed E-state index contributed by atoms with van der Waals surface area (Å²) in [6, 6.07) is 0.629. The lowest BCUT2D eigenvalue weighted by molar-refractivity contribution is 0.599. The molecule has 5 heteroatoms. The van der Waals surface area contributed by atoms with Crippen molar-refractivity contribution in [3.8, 4) is 0 Å². The van der Waals surface area contributed by atoms with Crippen molar-refractivity contribution in [3.05, 3.63) is 5.82 Å². The number of hydrogen-bond acceptors (Lipinski definition) is 5. The normalized spacial score (nSPS) is 21.4. The number of nitrogens with one attached hydrogen (secondary N) is 1. The van der Waals surface area contributed by atoms with E-state index in [4.69, 9.17) is 0 Å². The van der Waals surface area contributed by atoms with Crippen molar-refractivity contribution in [2.24, 2.45) is 0 Å². The van der Waals surface area contributed by atoms with E-state index in [2.05, 4.69) is 26.6 Å². The number of anilines is 1. The van der Waals surface area contributed by atoms with Crippen LogP contribution in [-0.4, -0.2) is 35.5 Å². The highest BCUT2D eigenvalue weighted by Crippen LogP contribution is 2.16. The lowest BCUT2D eigenvalue weighted by Gasteiger charge is -2.19. The lowest BCUT2D eigenvalue weighted by Crippen LogP contribution is -2.35. The smallest absolute Gasteiger partial charge is 0.204 e. The molecular weight excluding hydrogens is 196 g/mol. The topological polar surface area (TPSA) is 41.1 Å². The molecule has 1 saturated heterocycles. The predicted octanol–water partition coefficient (Wildman–Crippen LogP) is 1.03. The van der Waals surface area contributed by atoms with Crippen LogP contribution in [0.15, 0.2) is 0 Å². The van der Waals surface area contributed by atoms with Gasteiger partial charge in [0.25, 0.3) is 0 Å². The van der Waals surface area contributed by atoms with E-state index in [-0.39, 0.29) is 0 Å². The largest absolute Gasteiger partial charge is 0.348 e. The van der Waals surface area contributed by atoms with Crippen molar-refractivity contribution in [3.63, 3.8) is 0 Å². The zero-order chi connectivity index (χ0) is 9.97. The van der Waals surface area contributed by atoms with E-state index in [1.54, 1.807) is 0 Å². The standard InChI is InChI=1S/C9H16N4S/c1-7-11-9(14-12-7)13(2)6-8-4-3-5-10-8/h8,10H,3-6H2,1-2H3. The first kappa shape index (κ1) is 9.86. The second kappa shape index (κ2) is 4.23. The van der Waals surface area contributed by atoms with Crippen molar-refractivity contribution in [2.45, 2.75) is 25.8 Å². The van der Waals surface area contributed by atoms with Crippen molar-refractivity contribution < 1.29 is 0 Å². The van der Waals surface area contributed by atoms with Gasteiger partial charge in [-0.05, 0) is 26.3 Å². The average Bonchev–Trinajstić information content (AvgIpc) is 2.75. The Morgan fingerprint density at radius 2 is 2.50 bits per heavy atom. The Morgan fingerprint density at radius 3 is 3.07 bits per heavy atom. The summed E-state index contributed by atoms with van der Waals surface area (Å²) in [4.78, 5) is 6.55. The highest BCUT2D eigenvalue weighted by molar-refractivity contribution is 7.09. The first-order valence-electron chi connectivity index (χ1n) is 5.00. The third-order valence-electron chi connectivity index (χ3n) is 2.50. The van der Waals surface area contributed by atoms with Crippen LogP contribution in [-0.2, 0) is 0 Å². The summed E-state index contributed by atoms with van der Waals surface area (Å²) in [6.07, 6.45) is 2.58. The van der Waals surface area contributed by atoms with Crippen LogP contribution in [0.2, 0.25) is 0 Å². The number of likely N-dealkylation sites (N-methyl/N-ethyl adjacent to an activating group) is 1. The minimum Gasteiger partial charge on any atom is -0.348 e. The highest BCUT2D eigenvalue weighted by Gasteiger charge is 2.17. The van der Waals surface area contributed by atoms with Crippen molar-refractivity contribution in [1.29, 1.82) is 0 Å². The molecule has 0 aromatic carbocycles. The summed E-state index contributed by atoms with van der Waals surface area (Å²) in [7, 11) is 2.08. The summed E-state index contributed by atoms with van der Waals surface area (Å²) in [5.74, 6) is 0.872. The van der Waals surface area contributed by atoms with E-state index in [1.807, 2.05) is 6.92 Å². The molecule has 1 aliphatic heterocycles. The monoisotopic (exact) mass is 212 g/mol. The molecule has 78 valence electrons. The van der Waals surface area contributed by atoms with Crippen molar-refractivity contribution in [1.82, 2.24) is 14.7 Å². The van der Waals surface area contributed by atoms with Crippen LogP contribution in [0.1, 0.15) is 18.7 Å². The minimum atomic E-state index is 0.629. The van der Waals surface area contributed by atoms with Crippen LogP contribution in [0, 0.1) is 6.92 Å². The zero-order valence-corrected chi connectivity index (χ0v) is 9.47. The first-order valence-corrected chi connectivity index (χ1v) is 5.78. The molecule has 0 bridgehead atoms. The number of hydrogen-bond donors (Lipinski definition) is 1. The van der Waals surface area contributed by atoms with Gasteiger partial charge in [0.2, 0.25) is 5.13 Å². The van der Waals surface area contributed by atoms with Gasteiger partial charge in [0.15, 0.2) is 0 Å². The third kappa shape index (κ3) is 2.22. The molecule has 0 aliphatic carbocycles. The molecule has 14 heavy (non-hydrogen) atoms. The summed E-state index contributed by atoms with van der Waals surface area (Å²) in [5.41, 5.74) is 0. The van der Waals surface area contributed by atoms with Crippen LogP contribution in [0.5, 0.6) is 0 Å². The Morgan fingerprint density at radius 1 is 1.64 bits per heavy atom. The number of rotatable bonds is 3. The molecule has 2 heterocycles. The van der Waals surface area contributed by atoms with Gasteiger partial charge in [-0.3, -0.25) is 0 Å². The molecule has 1 fully saturated rings. The first-order chi connectivity index (χ1) is 6.75. The predicted molar refractivity (Wildman–Crippen MR) is 58.9 cm³/mol. The second-order valence-corrected chi connectivity index (χ2v) is 4.53. The van der Waals surface area contributed by atoms with Gasteiger partial charge in [-0.1, -0.05) is 0 Å². The SMILES string of the molecule is Cc1nsc(N(C)CC2CCCN2)n1. The van der Waals surface area contributed by atoms with Gasteiger partial charge in [-0.25, -0.2) is 4.98 Å². The van der Waals surface area contributed by atoms with Gasteiger partial charge in [-0.15, -0.1) is 0 Å². The third-order valence-corrected chi connectivity index (χ3v) is 3.42. The van der Waals surface area contributed by atoms with Gasteiger partial charge >= 0.3 is 0 Å².